The topological polar surface area (TPSA) is 40.1 Å². The number of benzene rings is 5. The minimum Gasteiger partial charge on any atom is -0.811 e. The van der Waals surface area contributed by atoms with Gasteiger partial charge >= 0.3 is 20.1 Å². The Kier molecular flexibility index (Phi) is 13.6. The summed E-state index contributed by atoms with van der Waals surface area (Å²) < 4.78 is 60.9. The first kappa shape index (κ1) is 37.6. The summed E-state index contributed by atoms with van der Waals surface area (Å²) in [7, 11) is 0. The third-order valence-electron chi connectivity index (χ3n) is 9.57. The van der Waals surface area contributed by atoms with Crippen LogP contribution in [0.25, 0.3) is 50.2 Å². The van der Waals surface area contributed by atoms with Gasteiger partial charge in [-0.05, 0) is 88.5 Å². The number of nitrogens with zero attached hydrogens (tertiary/aromatic N) is 3. The second kappa shape index (κ2) is 21.7. The monoisotopic (exact) mass is 974 g/mol. The molecule has 0 atom stereocenters. The van der Waals surface area contributed by atoms with E-state index in [4.69, 9.17) is 14.6 Å². The molecule has 4 heteroatoms. The number of hydrogen-bond acceptors (Lipinski definition) is 1. The average molecular weight is 974 g/mol. The summed E-state index contributed by atoms with van der Waals surface area (Å²) in [6, 6.07) is 40.7. The Morgan fingerprint density at radius 1 is 0.883 bits per heavy atom. The first-order valence-corrected chi connectivity index (χ1v) is 19.9. The summed E-state index contributed by atoms with van der Waals surface area (Å²) >= 11 is 0. The van der Waals surface area contributed by atoms with Gasteiger partial charge in [-0.15, -0.1) is 76.9 Å². The minimum atomic E-state index is -2.34. The molecular weight excluding hydrogens is 907 g/mol. The van der Waals surface area contributed by atoms with Crippen molar-refractivity contribution in [3.8, 4) is 17.1 Å². The minimum absolute atomic E-state index is 0. The smallest absolute Gasteiger partial charge is 0.811 e. The molecule has 5 aromatic carbocycles. The molecular formula is C56H60IrN3. The van der Waals surface area contributed by atoms with E-state index >= 15 is 0 Å². The van der Waals surface area contributed by atoms with Crippen molar-refractivity contribution >= 4 is 34.0 Å². The predicted molar refractivity (Wildman–Crippen MR) is 257 cm³/mol. The SMILES string of the molecule is [2H]C([2H])([2H])/C(=C/C=C\C)C(=C)c1cc[c-]c(-c2nc3ccccc3n2-c2c(C([2H])(C)C)cccc2C([2H])(C)C)c1.[2H]C([2H])(c1ccc(C(/C=C(\C)c2[c-]cccc2)=C/C=[N-])cc1)C(C)(C)C.[Ir+3]. The standard InChI is InChI=1S/C33H35N2.C23H25N.Ir/c1-8-9-14-24(6)25(7)26-15-12-16-27(21-26)33-34-30-19-10-11-20-31(30)35(33)32-28(22(2)3)17-13-18-29(32)23(4)5;1-18(20-8-6-5-7-9-20)16-22(14-15-24)21-12-10-19(11-13-21)17-23(2,3)4;/h8-15,17-23H,7H2,1-6H3;5-8,10-16H,17H2,1-4H3;/q-1;-2;+3/b9-8-,24-14-;18-16+,22-14+;/i6D3,22D,23D;17D2;. The van der Waals surface area contributed by atoms with Crippen molar-refractivity contribution in [2.24, 2.45) is 5.41 Å². The van der Waals surface area contributed by atoms with Gasteiger partial charge in [-0.2, -0.15) is 6.21 Å². The number of para-hydroxylation sites is 3. The molecule has 0 spiro atoms. The van der Waals surface area contributed by atoms with Gasteiger partial charge in [-0.1, -0.05) is 147 Å². The molecule has 308 valence electrons. The van der Waals surface area contributed by atoms with Gasteiger partial charge in [0.2, 0.25) is 0 Å². The fourth-order valence-corrected chi connectivity index (χ4v) is 6.69. The Balaban J connectivity index is 0.000000315. The maximum Gasteiger partial charge on any atom is 3.00 e. The molecule has 0 saturated carbocycles. The summed E-state index contributed by atoms with van der Waals surface area (Å²) in [5.74, 6) is -1.32. The number of aromatic nitrogens is 2. The summed E-state index contributed by atoms with van der Waals surface area (Å²) in [6.45, 7) is 18.7. The fraction of sp³-hybridized carbons (Fsp3) is 0.250. The molecule has 0 bridgehead atoms. The van der Waals surface area contributed by atoms with Crippen molar-refractivity contribution < 1.29 is 29.7 Å². The van der Waals surface area contributed by atoms with Crippen LogP contribution in [-0.4, -0.2) is 15.8 Å². The predicted octanol–water partition coefficient (Wildman–Crippen LogP) is 15.5. The summed E-state index contributed by atoms with van der Waals surface area (Å²) in [5, 5.41) is 9.27. The maximum atomic E-state index is 9.27. The molecule has 0 amide bonds. The summed E-state index contributed by atoms with van der Waals surface area (Å²) in [5.41, 5.74) is 9.71. The molecule has 6 aromatic rings. The van der Waals surface area contributed by atoms with E-state index in [0.717, 1.165) is 56.3 Å². The largest absolute Gasteiger partial charge is 3.00 e. The van der Waals surface area contributed by atoms with Gasteiger partial charge in [-0.25, -0.2) is 0 Å². The van der Waals surface area contributed by atoms with Crippen LogP contribution in [0.4, 0.5) is 0 Å². The molecule has 60 heavy (non-hydrogen) atoms. The van der Waals surface area contributed by atoms with Gasteiger partial charge in [0.25, 0.3) is 0 Å². The molecule has 6 rings (SSSR count). The normalized spacial score (nSPS) is 14.9. The maximum absolute atomic E-state index is 9.27. The van der Waals surface area contributed by atoms with Crippen LogP contribution in [0.5, 0.6) is 0 Å². The Bertz CT molecular complexity index is 2770. The zero-order chi connectivity index (χ0) is 48.8. The van der Waals surface area contributed by atoms with Gasteiger partial charge in [0.05, 0.1) is 16.9 Å². The van der Waals surface area contributed by atoms with Crippen molar-refractivity contribution in [1.29, 1.82) is 0 Å². The molecule has 0 N–H and O–H groups in total. The number of imidazole rings is 1. The van der Waals surface area contributed by atoms with Crippen LogP contribution < -0.4 is 0 Å². The zero-order valence-electron chi connectivity index (χ0n) is 43.2. The number of allylic oxidation sites excluding steroid dienone is 9. The van der Waals surface area contributed by atoms with Crippen molar-refractivity contribution in [2.45, 2.75) is 87.3 Å². The fourth-order valence-electron chi connectivity index (χ4n) is 6.69. The van der Waals surface area contributed by atoms with E-state index in [2.05, 4.69) is 18.7 Å². The van der Waals surface area contributed by atoms with E-state index in [1.165, 1.54) is 0 Å². The molecule has 0 unspecified atom stereocenters. The second-order valence-electron chi connectivity index (χ2n) is 15.9. The molecule has 0 aliphatic heterocycles. The van der Waals surface area contributed by atoms with Crippen LogP contribution in [0.3, 0.4) is 0 Å². The summed E-state index contributed by atoms with van der Waals surface area (Å²) in [4.78, 5) is 4.99. The third-order valence-corrected chi connectivity index (χ3v) is 9.57. The van der Waals surface area contributed by atoms with Gasteiger partial charge in [0, 0.05) is 15.3 Å². The Hall–Kier alpha value is -5.41. The van der Waals surface area contributed by atoms with Crippen LogP contribution >= 0.6 is 0 Å². The first-order valence-electron chi connectivity index (χ1n) is 23.4. The van der Waals surface area contributed by atoms with Crippen molar-refractivity contribution in [1.82, 2.24) is 9.55 Å². The summed E-state index contributed by atoms with van der Waals surface area (Å²) in [6.07, 6.45) is 8.29. The van der Waals surface area contributed by atoms with Crippen LogP contribution in [-0.2, 0) is 26.5 Å². The molecule has 0 saturated heterocycles. The van der Waals surface area contributed by atoms with Gasteiger partial charge in [0.1, 0.15) is 0 Å². The van der Waals surface area contributed by atoms with Crippen molar-refractivity contribution in [3.63, 3.8) is 0 Å². The first-order chi connectivity index (χ1) is 30.8. The van der Waals surface area contributed by atoms with E-state index in [1.807, 2.05) is 170 Å². The third kappa shape index (κ3) is 12.1. The Morgan fingerprint density at radius 3 is 2.17 bits per heavy atom. The molecule has 0 radical (unpaired) electrons. The molecule has 0 aliphatic rings. The van der Waals surface area contributed by atoms with Crippen LogP contribution in [0.15, 0.2) is 152 Å². The van der Waals surface area contributed by atoms with E-state index in [1.54, 1.807) is 36.4 Å². The van der Waals surface area contributed by atoms with Gasteiger partial charge < -0.3 is 9.98 Å². The van der Waals surface area contributed by atoms with Crippen LogP contribution in [0.2, 0.25) is 0 Å². The van der Waals surface area contributed by atoms with E-state index in [-0.39, 0.29) is 25.7 Å². The zero-order valence-corrected chi connectivity index (χ0v) is 38.6. The Morgan fingerprint density at radius 2 is 1.57 bits per heavy atom. The van der Waals surface area contributed by atoms with Gasteiger partial charge in [-0.3, -0.25) is 4.98 Å². The molecule has 0 aliphatic carbocycles. The molecule has 1 heterocycles. The molecule has 0 fully saturated rings. The second-order valence-corrected chi connectivity index (χ2v) is 15.9. The van der Waals surface area contributed by atoms with Crippen LogP contribution in [0, 0.1) is 17.5 Å². The number of hydrogen-bond donors (Lipinski definition) is 0. The van der Waals surface area contributed by atoms with E-state index in [9.17, 15) is 5.41 Å². The Labute approximate surface area is 384 Å². The van der Waals surface area contributed by atoms with Crippen LogP contribution in [0.1, 0.15) is 124 Å². The quantitative estimate of drug-likeness (QED) is 0.0684. The molecule has 3 nitrogen and oxygen atoms in total. The van der Waals surface area contributed by atoms with Gasteiger partial charge in [0.15, 0.2) is 0 Å². The van der Waals surface area contributed by atoms with Crippen molar-refractivity contribution in [3.05, 3.63) is 203 Å². The average Bonchev–Trinajstić information content (AvgIpc) is 3.65. The van der Waals surface area contributed by atoms with E-state index in [0.29, 0.717) is 28.1 Å². The molecule has 1 aromatic heterocycles. The number of rotatable bonds is 12. The van der Waals surface area contributed by atoms with E-state index < -0.39 is 30.4 Å². The number of fused-ring (bicyclic) bond motifs is 1. The van der Waals surface area contributed by atoms with Crippen molar-refractivity contribution in [2.75, 3.05) is 0 Å².